The summed E-state index contributed by atoms with van der Waals surface area (Å²) in [6.07, 6.45) is 0.954. The number of carbonyl (C=O) groups is 3. The van der Waals surface area contributed by atoms with E-state index in [-0.39, 0.29) is 47.8 Å². The van der Waals surface area contributed by atoms with Gasteiger partial charge in [-0.3, -0.25) is 19.3 Å². The second-order valence-electron chi connectivity index (χ2n) is 5.80. The number of imide groups is 1. The van der Waals surface area contributed by atoms with E-state index in [4.69, 9.17) is 0 Å². The van der Waals surface area contributed by atoms with Gasteiger partial charge in [-0.25, -0.2) is 0 Å². The molecule has 2 saturated heterocycles. The third-order valence-electron chi connectivity index (χ3n) is 4.26. The van der Waals surface area contributed by atoms with Crippen molar-refractivity contribution < 1.29 is 14.4 Å². The normalized spacial score (nSPS) is 20.2. The van der Waals surface area contributed by atoms with Crippen molar-refractivity contribution in [1.29, 1.82) is 0 Å². The third-order valence-corrected chi connectivity index (χ3v) is 5.12. The largest absolute Gasteiger partial charge is 0.337 e. The van der Waals surface area contributed by atoms with Crippen LogP contribution in [0.15, 0.2) is 24.3 Å². The monoisotopic (exact) mass is 369 g/mol. The van der Waals surface area contributed by atoms with E-state index < -0.39 is 0 Å². The van der Waals surface area contributed by atoms with Gasteiger partial charge in [0.05, 0.1) is 12.3 Å². The van der Waals surface area contributed by atoms with Crippen molar-refractivity contribution >= 4 is 41.2 Å². The molecule has 1 aromatic rings. The van der Waals surface area contributed by atoms with Crippen molar-refractivity contribution in [2.75, 3.05) is 25.9 Å². The summed E-state index contributed by atoms with van der Waals surface area (Å²) in [5.74, 6) is -0.00520. The number of halogens is 1. The number of nitrogens with one attached hydrogen (secondary N) is 1. The minimum atomic E-state index is -0.221. The molecule has 3 rings (SSSR count). The molecule has 8 heteroatoms. The fourth-order valence-corrected chi connectivity index (χ4v) is 3.58. The van der Waals surface area contributed by atoms with Gasteiger partial charge in [-0.2, -0.15) is 0 Å². The molecule has 1 N–H and O–H groups in total. The van der Waals surface area contributed by atoms with Crippen LogP contribution >= 0.6 is 24.2 Å². The van der Waals surface area contributed by atoms with Gasteiger partial charge in [0.15, 0.2) is 0 Å². The van der Waals surface area contributed by atoms with E-state index in [9.17, 15) is 14.4 Å². The predicted octanol–water partition coefficient (Wildman–Crippen LogP) is 1.74. The van der Waals surface area contributed by atoms with Gasteiger partial charge in [-0.1, -0.05) is 23.9 Å². The maximum atomic E-state index is 12.6. The van der Waals surface area contributed by atoms with Crippen LogP contribution in [-0.4, -0.2) is 58.8 Å². The molecule has 1 aromatic carbocycles. The molecule has 24 heavy (non-hydrogen) atoms. The highest BCUT2D eigenvalue weighted by molar-refractivity contribution is 8.14. The number of hydrogen-bond acceptors (Lipinski definition) is 5. The Hall–Kier alpha value is -1.57. The van der Waals surface area contributed by atoms with Gasteiger partial charge in [-0.15, -0.1) is 12.4 Å². The van der Waals surface area contributed by atoms with Crippen LogP contribution in [0, 0.1) is 0 Å². The summed E-state index contributed by atoms with van der Waals surface area (Å²) in [4.78, 5) is 39.0. The molecule has 1 atom stereocenters. The van der Waals surface area contributed by atoms with E-state index in [1.165, 1.54) is 4.90 Å². The van der Waals surface area contributed by atoms with Crippen molar-refractivity contribution in [3.05, 3.63) is 35.4 Å². The van der Waals surface area contributed by atoms with Gasteiger partial charge < -0.3 is 10.2 Å². The van der Waals surface area contributed by atoms with Crippen LogP contribution in [-0.2, 0) is 11.3 Å². The summed E-state index contributed by atoms with van der Waals surface area (Å²) in [6.45, 7) is 1.97. The molecule has 6 nitrogen and oxygen atoms in total. The van der Waals surface area contributed by atoms with Crippen LogP contribution in [0.3, 0.4) is 0 Å². The summed E-state index contributed by atoms with van der Waals surface area (Å²) in [5.41, 5.74) is 1.38. The summed E-state index contributed by atoms with van der Waals surface area (Å²) in [6, 6.07) is 7.38. The summed E-state index contributed by atoms with van der Waals surface area (Å²) < 4.78 is 0. The lowest BCUT2D eigenvalue weighted by molar-refractivity contribution is -0.125. The van der Waals surface area contributed by atoms with E-state index >= 15 is 0 Å². The Morgan fingerprint density at radius 1 is 1.42 bits per heavy atom. The molecular formula is C16H20ClN3O3S. The first-order valence-electron chi connectivity index (χ1n) is 7.60. The molecule has 2 heterocycles. The van der Waals surface area contributed by atoms with Crippen LogP contribution in [0.1, 0.15) is 22.3 Å². The highest BCUT2D eigenvalue weighted by Crippen LogP contribution is 2.22. The summed E-state index contributed by atoms with van der Waals surface area (Å²) >= 11 is 1.02. The molecule has 2 aliphatic heterocycles. The van der Waals surface area contributed by atoms with Crippen molar-refractivity contribution in [2.24, 2.45) is 0 Å². The number of amides is 3. The number of thioether (sulfide) groups is 1. The van der Waals surface area contributed by atoms with Gasteiger partial charge >= 0.3 is 0 Å². The van der Waals surface area contributed by atoms with Crippen LogP contribution in [0.4, 0.5) is 4.79 Å². The standard InChI is InChI=1S/C16H19N3O3S.ClH/c1-18(13-5-6-17-8-13)15(21)12-4-2-3-11(7-12)9-19-14(20)10-23-16(19)22;/h2-4,7,13,17H,5-6,8-10H2,1H3;1H. The Labute approximate surface area is 151 Å². The lowest BCUT2D eigenvalue weighted by atomic mass is 10.1. The molecule has 0 bridgehead atoms. The molecule has 2 aliphatic rings. The Morgan fingerprint density at radius 2 is 2.21 bits per heavy atom. The van der Waals surface area contributed by atoms with Crippen LogP contribution in [0.2, 0.25) is 0 Å². The fourth-order valence-electron chi connectivity index (χ4n) is 2.86. The predicted molar refractivity (Wildman–Crippen MR) is 95.5 cm³/mol. The van der Waals surface area contributed by atoms with Crippen molar-refractivity contribution in [1.82, 2.24) is 15.1 Å². The molecule has 0 aliphatic carbocycles. The van der Waals surface area contributed by atoms with Gasteiger partial charge in [-0.05, 0) is 30.7 Å². The van der Waals surface area contributed by atoms with E-state index in [0.29, 0.717) is 5.56 Å². The van der Waals surface area contributed by atoms with E-state index in [1.54, 1.807) is 23.1 Å². The molecule has 0 spiro atoms. The van der Waals surface area contributed by atoms with E-state index in [2.05, 4.69) is 5.32 Å². The number of likely N-dealkylation sites (N-methyl/N-ethyl adjacent to an activating group) is 1. The zero-order valence-corrected chi connectivity index (χ0v) is 15.0. The Balaban J connectivity index is 0.00000208. The molecule has 130 valence electrons. The quantitative estimate of drug-likeness (QED) is 0.875. The average molecular weight is 370 g/mol. The highest BCUT2D eigenvalue weighted by atomic mass is 35.5. The zero-order chi connectivity index (χ0) is 16.4. The number of rotatable bonds is 4. The maximum Gasteiger partial charge on any atom is 0.289 e. The number of carbonyl (C=O) groups excluding carboxylic acids is 3. The number of benzene rings is 1. The lowest BCUT2D eigenvalue weighted by Crippen LogP contribution is -2.38. The minimum absolute atomic E-state index is 0. The number of hydrogen-bond donors (Lipinski definition) is 1. The van der Waals surface area contributed by atoms with Gasteiger partial charge in [0.1, 0.15) is 0 Å². The highest BCUT2D eigenvalue weighted by Gasteiger charge is 2.30. The topological polar surface area (TPSA) is 69.7 Å². The van der Waals surface area contributed by atoms with Crippen LogP contribution in [0.5, 0.6) is 0 Å². The van der Waals surface area contributed by atoms with Gasteiger partial charge in [0, 0.05) is 25.2 Å². The second kappa shape index (κ2) is 8.00. The smallest absolute Gasteiger partial charge is 0.289 e. The maximum absolute atomic E-state index is 12.6. The lowest BCUT2D eigenvalue weighted by Gasteiger charge is -2.24. The molecule has 0 aromatic heterocycles. The summed E-state index contributed by atoms with van der Waals surface area (Å²) in [5, 5.41) is 3.03. The van der Waals surface area contributed by atoms with Crippen LogP contribution in [0.25, 0.3) is 0 Å². The minimum Gasteiger partial charge on any atom is -0.337 e. The van der Waals surface area contributed by atoms with E-state index in [0.717, 1.165) is 36.8 Å². The zero-order valence-electron chi connectivity index (χ0n) is 13.4. The first kappa shape index (κ1) is 18.8. The average Bonchev–Trinajstić information content (AvgIpc) is 3.19. The van der Waals surface area contributed by atoms with Crippen molar-refractivity contribution in [3.63, 3.8) is 0 Å². The van der Waals surface area contributed by atoms with E-state index in [1.807, 2.05) is 13.1 Å². The Morgan fingerprint density at radius 3 is 2.83 bits per heavy atom. The first-order valence-corrected chi connectivity index (χ1v) is 8.59. The molecule has 3 amide bonds. The molecule has 0 radical (unpaired) electrons. The Bertz CT molecular complexity index is 633. The SMILES string of the molecule is CN(C(=O)c1cccc(CN2C(=O)CSC2=O)c1)C1CCNC1.Cl. The molecule has 0 saturated carbocycles. The van der Waals surface area contributed by atoms with Gasteiger partial charge in [0.2, 0.25) is 5.91 Å². The molecule has 1 unspecified atom stereocenters. The second-order valence-corrected chi connectivity index (χ2v) is 6.72. The van der Waals surface area contributed by atoms with Crippen LogP contribution < -0.4 is 5.32 Å². The Kier molecular flexibility index (Phi) is 6.26. The van der Waals surface area contributed by atoms with Crippen molar-refractivity contribution in [2.45, 2.75) is 19.0 Å². The van der Waals surface area contributed by atoms with Gasteiger partial charge in [0.25, 0.3) is 11.1 Å². The molecule has 2 fully saturated rings. The van der Waals surface area contributed by atoms with Crippen molar-refractivity contribution in [3.8, 4) is 0 Å². The first-order chi connectivity index (χ1) is 11.1. The number of nitrogens with zero attached hydrogens (tertiary/aromatic N) is 2. The third kappa shape index (κ3) is 3.91. The molecular weight excluding hydrogens is 350 g/mol. The fraction of sp³-hybridized carbons (Fsp3) is 0.438. The summed E-state index contributed by atoms with van der Waals surface area (Å²) in [7, 11) is 1.82.